The van der Waals surface area contributed by atoms with Gasteiger partial charge in [0.2, 0.25) is 0 Å². The minimum Gasteiger partial charge on any atom is -0.495 e. The molecule has 5 rings (SSSR count). The summed E-state index contributed by atoms with van der Waals surface area (Å²) in [7, 11) is 1.58. The van der Waals surface area contributed by atoms with Crippen LogP contribution in [0.4, 0.5) is 11.5 Å². The molecule has 0 aliphatic carbocycles. The van der Waals surface area contributed by atoms with Gasteiger partial charge in [-0.1, -0.05) is 39.0 Å². The van der Waals surface area contributed by atoms with Crippen molar-refractivity contribution in [2.24, 2.45) is 0 Å². The molecule has 0 saturated carbocycles. The molecule has 1 aliphatic rings. The molecule has 216 valence electrons. The summed E-state index contributed by atoms with van der Waals surface area (Å²) in [4.78, 5) is 30.7. The third-order valence-electron chi connectivity index (χ3n) is 6.91. The van der Waals surface area contributed by atoms with Gasteiger partial charge >= 0.3 is 0 Å². The average molecular weight is 560 g/mol. The van der Waals surface area contributed by atoms with Gasteiger partial charge in [0.15, 0.2) is 5.65 Å². The van der Waals surface area contributed by atoms with Crippen LogP contribution in [-0.4, -0.2) is 56.9 Å². The molecule has 0 radical (unpaired) electrons. The van der Waals surface area contributed by atoms with Crippen molar-refractivity contribution in [2.75, 3.05) is 31.2 Å². The Kier molecular flexibility index (Phi) is 8.87. The minimum atomic E-state index is -0.833. The number of nitrogen functional groups attached to an aromatic ring is 1. The van der Waals surface area contributed by atoms with Gasteiger partial charge in [-0.2, -0.15) is 5.10 Å². The highest BCUT2D eigenvalue weighted by Gasteiger charge is 2.24. The SMILES string of the molecule is CC(=O)O.COc1cc(-c2nn(C3CCNCC3)c3ncnc(N)c23)ccc1NC(=O)c1ccc(C(C)(C)C)cc1. The molecule has 1 aliphatic heterocycles. The number of carbonyl (C=O) groups excluding carboxylic acids is 1. The van der Waals surface area contributed by atoms with Crippen LogP contribution in [0.5, 0.6) is 5.75 Å². The fourth-order valence-electron chi connectivity index (χ4n) is 4.76. The number of fused-ring (bicyclic) bond motifs is 1. The van der Waals surface area contributed by atoms with Crippen LogP contribution < -0.4 is 21.1 Å². The zero-order valence-corrected chi connectivity index (χ0v) is 24.1. The highest BCUT2D eigenvalue weighted by atomic mass is 16.5. The number of ether oxygens (including phenoxy) is 1. The Morgan fingerprint density at radius 2 is 1.76 bits per heavy atom. The summed E-state index contributed by atoms with van der Waals surface area (Å²) in [6, 6.07) is 13.5. The Morgan fingerprint density at radius 3 is 2.37 bits per heavy atom. The third kappa shape index (κ3) is 6.80. The van der Waals surface area contributed by atoms with Crippen molar-refractivity contribution < 1.29 is 19.4 Å². The van der Waals surface area contributed by atoms with Gasteiger partial charge in [-0.15, -0.1) is 0 Å². The second kappa shape index (κ2) is 12.3. The molecule has 0 spiro atoms. The van der Waals surface area contributed by atoms with E-state index in [4.69, 9.17) is 25.5 Å². The maximum atomic E-state index is 13.0. The van der Waals surface area contributed by atoms with Gasteiger partial charge in [0.25, 0.3) is 11.9 Å². The van der Waals surface area contributed by atoms with Crippen LogP contribution in [-0.2, 0) is 10.2 Å². The number of nitrogens with one attached hydrogen (secondary N) is 2. The second-order valence-corrected chi connectivity index (χ2v) is 10.9. The molecular weight excluding hydrogens is 522 g/mol. The first kappa shape index (κ1) is 29.5. The van der Waals surface area contributed by atoms with E-state index in [0.29, 0.717) is 28.5 Å². The maximum Gasteiger partial charge on any atom is 0.300 e. The van der Waals surface area contributed by atoms with E-state index in [9.17, 15) is 4.79 Å². The number of piperidine rings is 1. The van der Waals surface area contributed by atoms with Crippen LogP contribution in [0.2, 0.25) is 0 Å². The van der Waals surface area contributed by atoms with E-state index in [1.165, 1.54) is 11.9 Å². The number of rotatable bonds is 5. The van der Waals surface area contributed by atoms with Crippen molar-refractivity contribution in [1.82, 2.24) is 25.1 Å². The monoisotopic (exact) mass is 559 g/mol. The molecule has 11 nitrogen and oxygen atoms in total. The van der Waals surface area contributed by atoms with Gasteiger partial charge in [-0.05, 0) is 61.2 Å². The number of carboxylic acid groups (broad SMARTS) is 1. The Morgan fingerprint density at radius 1 is 1.10 bits per heavy atom. The van der Waals surface area contributed by atoms with Crippen LogP contribution in [0.3, 0.4) is 0 Å². The number of nitrogens with two attached hydrogens (primary N) is 1. The predicted molar refractivity (Wildman–Crippen MR) is 159 cm³/mol. The molecule has 1 amide bonds. The highest BCUT2D eigenvalue weighted by Crippen LogP contribution is 2.37. The van der Waals surface area contributed by atoms with Crippen LogP contribution >= 0.6 is 0 Å². The van der Waals surface area contributed by atoms with Crippen LogP contribution in [0.1, 0.15) is 62.5 Å². The van der Waals surface area contributed by atoms with Crippen LogP contribution in [0.25, 0.3) is 22.3 Å². The summed E-state index contributed by atoms with van der Waals surface area (Å²) in [5.41, 5.74) is 10.9. The number of hydrogen-bond acceptors (Lipinski definition) is 8. The fourth-order valence-corrected chi connectivity index (χ4v) is 4.76. The third-order valence-corrected chi connectivity index (χ3v) is 6.91. The topological polar surface area (TPSA) is 157 Å². The normalized spacial score (nSPS) is 13.8. The van der Waals surface area contributed by atoms with Crippen molar-refractivity contribution in [1.29, 1.82) is 0 Å². The van der Waals surface area contributed by atoms with Gasteiger partial charge in [-0.25, -0.2) is 14.6 Å². The fraction of sp³-hybridized carbons (Fsp3) is 0.367. The summed E-state index contributed by atoms with van der Waals surface area (Å²) in [6.45, 7) is 9.39. The zero-order chi connectivity index (χ0) is 29.7. The largest absolute Gasteiger partial charge is 0.495 e. The van der Waals surface area contributed by atoms with Crippen molar-refractivity contribution in [2.45, 2.75) is 52.0 Å². The number of amides is 1. The molecule has 11 heteroatoms. The van der Waals surface area contributed by atoms with E-state index in [-0.39, 0.29) is 17.4 Å². The van der Waals surface area contributed by atoms with Crippen molar-refractivity contribution in [3.63, 3.8) is 0 Å². The maximum absolute atomic E-state index is 13.0. The highest BCUT2D eigenvalue weighted by molar-refractivity contribution is 6.05. The minimum absolute atomic E-state index is 0.0214. The molecule has 41 heavy (non-hydrogen) atoms. The Hall–Kier alpha value is -4.51. The molecular formula is C30H37N7O4. The number of hydrogen-bond donors (Lipinski definition) is 4. The standard InChI is InChI=1S/C28H33N7O2.C2H4O2/c1-28(2,3)19-8-5-17(6-9-19)27(36)33-21-10-7-18(15-22(21)37-4)24-23-25(29)31-16-32-26(23)35(34-24)20-11-13-30-14-12-20;1-2(3)4/h5-10,15-16,20,30H,11-14H2,1-4H3,(H,33,36)(H2,29,31,32);1H3,(H,3,4). The molecule has 0 bridgehead atoms. The quantitative estimate of drug-likeness (QED) is 0.273. The molecule has 5 N–H and O–H groups in total. The van der Waals surface area contributed by atoms with E-state index in [1.54, 1.807) is 7.11 Å². The smallest absolute Gasteiger partial charge is 0.300 e. The van der Waals surface area contributed by atoms with E-state index in [1.807, 2.05) is 47.1 Å². The van der Waals surface area contributed by atoms with E-state index in [2.05, 4.69) is 41.4 Å². The van der Waals surface area contributed by atoms with Crippen molar-refractivity contribution >= 4 is 34.4 Å². The molecule has 0 unspecified atom stereocenters. The number of carboxylic acids is 1. The lowest BCUT2D eigenvalue weighted by atomic mass is 9.87. The van der Waals surface area contributed by atoms with Crippen molar-refractivity contribution in [3.05, 3.63) is 59.9 Å². The number of methoxy groups -OCH3 is 1. The number of aromatic nitrogens is 4. The zero-order valence-electron chi connectivity index (χ0n) is 24.1. The Labute approximate surface area is 239 Å². The van der Waals surface area contributed by atoms with Crippen LogP contribution in [0, 0.1) is 0 Å². The number of nitrogens with zero attached hydrogens (tertiary/aromatic N) is 4. The lowest BCUT2D eigenvalue weighted by Crippen LogP contribution is -2.30. The molecule has 4 aromatic rings. The molecule has 0 atom stereocenters. The lowest BCUT2D eigenvalue weighted by Gasteiger charge is -2.23. The van der Waals surface area contributed by atoms with Gasteiger partial charge in [-0.3, -0.25) is 9.59 Å². The molecule has 1 saturated heterocycles. The first-order valence-electron chi connectivity index (χ1n) is 13.5. The number of anilines is 2. The summed E-state index contributed by atoms with van der Waals surface area (Å²) in [6.07, 6.45) is 3.41. The summed E-state index contributed by atoms with van der Waals surface area (Å²) < 4.78 is 7.63. The molecule has 1 fully saturated rings. The summed E-state index contributed by atoms with van der Waals surface area (Å²) >= 11 is 0. The lowest BCUT2D eigenvalue weighted by molar-refractivity contribution is -0.134. The van der Waals surface area contributed by atoms with Gasteiger partial charge in [0.1, 0.15) is 23.6 Å². The number of carbonyl (C=O) groups is 2. The predicted octanol–water partition coefficient (Wildman–Crippen LogP) is 4.65. The van der Waals surface area contributed by atoms with E-state index in [0.717, 1.165) is 49.5 Å². The van der Waals surface area contributed by atoms with Crippen LogP contribution in [0.15, 0.2) is 48.8 Å². The average Bonchev–Trinajstić information content (AvgIpc) is 3.34. The van der Waals surface area contributed by atoms with E-state index < -0.39 is 5.97 Å². The van der Waals surface area contributed by atoms with Gasteiger partial charge in [0, 0.05) is 18.1 Å². The Balaban J connectivity index is 0.000000909. The van der Waals surface area contributed by atoms with E-state index >= 15 is 0 Å². The van der Waals surface area contributed by atoms with Gasteiger partial charge in [0.05, 0.1) is 24.2 Å². The number of aliphatic carboxylic acids is 1. The second-order valence-electron chi connectivity index (χ2n) is 10.9. The first-order valence-corrected chi connectivity index (χ1v) is 13.5. The van der Waals surface area contributed by atoms with Crippen molar-refractivity contribution in [3.8, 4) is 17.0 Å². The molecule has 2 aromatic heterocycles. The molecule has 2 aromatic carbocycles. The number of benzene rings is 2. The van der Waals surface area contributed by atoms with Gasteiger partial charge < -0.3 is 26.2 Å². The first-order chi connectivity index (χ1) is 19.5. The summed E-state index contributed by atoms with van der Waals surface area (Å²) in [5.74, 6) is -0.128. The Bertz CT molecular complexity index is 1530. The summed E-state index contributed by atoms with van der Waals surface area (Å²) in [5, 5.41) is 19.5. The molecule has 3 heterocycles.